The van der Waals surface area contributed by atoms with Crippen LogP contribution in [-0.2, 0) is 20.9 Å². The molecule has 2 aliphatic rings. The predicted molar refractivity (Wildman–Crippen MR) is 155 cm³/mol. The molecule has 1 aliphatic carbocycles. The Morgan fingerprint density at radius 1 is 1.00 bits per heavy atom. The number of carbonyl (C=O) groups is 3. The van der Waals surface area contributed by atoms with Crippen LogP contribution in [-0.4, -0.2) is 76.3 Å². The van der Waals surface area contributed by atoms with Gasteiger partial charge >= 0.3 is 12.1 Å². The van der Waals surface area contributed by atoms with Gasteiger partial charge in [-0.15, -0.1) is 11.8 Å². The molecule has 9 heteroatoms. The number of hydrogen-bond acceptors (Lipinski definition) is 6. The first-order valence-electron chi connectivity index (χ1n) is 13.3. The highest BCUT2D eigenvalue weighted by Crippen LogP contribution is 2.44. The van der Waals surface area contributed by atoms with Gasteiger partial charge in [0.25, 0.3) is 0 Å². The number of hydrogen-bond donors (Lipinski definition) is 2. The van der Waals surface area contributed by atoms with E-state index in [1.807, 2.05) is 85.6 Å². The fourth-order valence-electron chi connectivity index (χ4n) is 5.59. The minimum Gasteiger partial charge on any atom is -0.480 e. The van der Waals surface area contributed by atoms with E-state index in [1.165, 1.54) is 16.7 Å². The van der Waals surface area contributed by atoms with E-state index in [1.54, 1.807) is 0 Å². The average molecular weight is 560 g/mol. The third-order valence-electron chi connectivity index (χ3n) is 7.49. The molecule has 208 valence electrons. The normalized spacial score (nSPS) is 18.7. The van der Waals surface area contributed by atoms with Crippen LogP contribution >= 0.6 is 11.8 Å². The van der Waals surface area contributed by atoms with Crippen LogP contribution in [0.25, 0.3) is 11.1 Å². The number of likely N-dealkylation sites (N-methyl/N-ethyl adjacent to an activating group) is 1. The van der Waals surface area contributed by atoms with Gasteiger partial charge in [-0.3, -0.25) is 9.69 Å². The summed E-state index contributed by atoms with van der Waals surface area (Å²) in [5, 5.41) is 12.2. The summed E-state index contributed by atoms with van der Waals surface area (Å²) in [5.41, 5.74) is 5.51. The number of benzene rings is 3. The van der Waals surface area contributed by atoms with E-state index in [-0.39, 0.29) is 24.4 Å². The quantitative estimate of drug-likeness (QED) is 0.401. The Morgan fingerprint density at radius 3 is 2.23 bits per heavy atom. The van der Waals surface area contributed by atoms with Crippen molar-refractivity contribution in [1.82, 2.24) is 15.1 Å². The van der Waals surface area contributed by atoms with Crippen molar-refractivity contribution in [3.05, 3.63) is 95.6 Å². The van der Waals surface area contributed by atoms with Gasteiger partial charge in [0, 0.05) is 24.8 Å². The van der Waals surface area contributed by atoms with Crippen LogP contribution in [0.3, 0.4) is 0 Å². The van der Waals surface area contributed by atoms with Gasteiger partial charge in [-0.2, -0.15) is 0 Å². The molecule has 1 saturated heterocycles. The summed E-state index contributed by atoms with van der Waals surface area (Å²) in [6.45, 7) is 2.68. The van der Waals surface area contributed by atoms with E-state index in [0.29, 0.717) is 12.3 Å². The lowest BCUT2D eigenvalue weighted by molar-refractivity contribution is -0.149. The topological polar surface area (TPSA) is 99.2 Å². The highest BCUT2D eigenvalue weighted by Gasteiger charge is 2.42. The third-order valence-corrected chi connectivity index (χ3v) is 8.70. The van der Waals surface area contributed by atoms with E-state index in [9.17, 15) is 19.5 Å². The lowest BCUT2D eigenvalue weighted by Crippen LogP contribution is -2.57. The second-order valence-corrected chi connectivity index (χ2v) is 11.6. The largest absolute Gasteiger partial charge is 0.480 e. The van der Waals surface area contributed by atoms with Crippen molar-refractivity contribution in [3.8, 4) is 11.1 Å². The monoisotopic (exact) mass is 559 g/mol. The minimum atomic E-state index is -1.05. The van der Waals surface area contributed by atoms with Gasteiger partial charge in [-0.05, 0) is 41.8 Å². The van der Waals surface area contributed by atoms with Gasteiger partial charge in [-0.1, -0.05) is 78.9 Å². The number of carbonyl (C=O) groups excluding carboxylic acids is 2. The Balaban J connectivity index is 1.31. The first-order chi connectivity index (χ1) is 19.3. The molecule has 1 fully saturated rings. The Hall–Kier alpha value is -3.82. The van der Waals surface area contributed by atoms with E-state index >= 15 is 0 Å². The third kappa shape index (κ3) is 5.85. The van der Waals surface area contributed by atoms with Crippen LogP contribution in [0.15, 0.2) is 78.9 Å². The summed E-state index contributed by atoms with van der Waals surface area (Å²) < 4.78 is 5.72. The number of alkyl carbamates (subject to hydrolysis) is 1. The number of carboxylic acids is 1. The zero-order chi connectivity index (χ0) is 28.2. The van der Waals surface area contributed by atoms with Gasteiger partial charge in [0.1, 0.15) is 18.7 Å². The van der Waals surface area contributed by atoms with Gasteiger partial charge in [0.2, 0.25) is 5.91 Å². The van der Waals surface area contributed by atoms with Crippen molar-refractivity contribution in [2.75, 3.05) is 26.0 Å². The molecular weight excluding hydrogens is 526 g/mol. The number of aliphatic carboxylic acids is 1. The van der Waals surface area contributed by atoms with Crippen LogP contribution in [0.4, 0.5) is 4.79 Å². The molecule has 0 bridgehead atoms. The number of carboxylic acid groups (broad SMARTS) is 1. The molecule has 3 unspecified atom stereocenters. The second-order valence-electron chi connectivity index (χ2n) is 10.2. The molecule has 1 aliphatic heterocycles. The molecule has 8 nitrogen and oxygen atoms in total. The van der Waals surface area contributed by atoms with Gasteiger partial charge in [0.15, 0.2) is 0 Å². The van der Waals surface area contributed by atoms with Gasteiger partial charge in [0.05, 0.1) is 5.37 Å². The van der Waals surface area contributed by atoms with E-state index in [2.05, 4.69) is 17.4 Å². The lowest BCUT2D eigenvalue weighted by Gasteiger charge is -2.31. The maximum atomic E-state index is 13.7. The van der Waals surface area contributed by atoms with E-state index in [4.69, 9.17) is 4.74 Å². The minimum absolute atomic E-state index is 0.112. The first-order valence-corrected chi connectivity index (χ1v) is 14.4. The average Bonchev–Trinajstić information content (AvgIpc) is 3.49. The van der Waals surface area contributed by atoms with Crippen LogP contribution in [0.1, 0.15) is 29.5 Å². The van der Waals surface area contributed by atoms with Crippen LogP contribution < -0.4 is 5.32 Å². The van der Waals surface area contributed by atoms with Crippen molar-refractivity contribution in [2.24, 2.45) is 0 Å². The number of rotatable bonds is 9. The summed E-state index contributed by atoms with van der Waals surface area (Å²) in [7, 11) is 1.86. The Bertz CT molecular complexity index is 1340. The number of fused-ring (bicyclic) bond motifs is 3. The maximum Gasteiger partial charge on any atom is 0.407 e. The molecule has 3 atom stereocenters. The number of nitrogens with one attached hydrogen (secondary N) is 1. The molecule has 1 heterocycles. The van der Waals surface area contributed by atoms with Crippen molar-refractivity contribution >= 4 is 29.7 Å². The molecule has 2 N–H and O–H groups in total. The summed E-state index contributed by atoms with van der Waals surface area (Å²) in [4.78, 5) is 42.1. The summed E-state index contributed by atoms with van der Waals surface area (Å²) in [6, 6.07) is 24.1. The molecular formula is C31H33N3O5S. The van der Waals surface area contributed by atoms with Crippen molar-refractivity contribution in [3.63, 3.8) is 0 Å². The van der Waals surface area contributed by atoms with Gasteiger partial charge in [-0.25, -0.2) is 9.59 Å². The van der Waals surface area contributed by atoms with Crippen LogP contribution in [0, 0.1) is 0 Å². The fourth-order valence-corrected chi connectivity index (χ4v) is 6.76. The SMILES string of the molecule is CC1SCC(C(=O)O)N1C(=O)C(CN(C)Cc1ccccc1)NC(=O)OCC1c2ccccc2-c2ccccc21. The number of thioether (sulfide) groups is 1. The second kappa shape index (κ2) is 12.1. The smallest absolute Gasteiger partial charge is 0.407 e. The Morgan fingerprint density at radius 2 is 1.60 bits per heavy atom. The molecule has 3 aromatic rings. The van der Waals surface area contributed by atoms with Crippen LogP contribution in [0.2, 0.25) is 0 Å². The van der Waals surface area contributed by atoms with Crippen molar-refractivity contribution in [2.45, 2.75) is 36.8 Å². The van der Waals surface area contributed by atoms with Crippen molar-refractivity contribution < 1.29 is 24.2 Å². The Kier molecular flexibility index (Phi) is 8.42. The number of amides is 2. The highest BCUT2D eigenvalue weighted by molar-refractivity contribution is 8.00. The van der Waals surface area contributed by atoms with Gasteiger partial charge < -0.3 is 20.1 Å². The Labute approximate surface area is 238 Å². The molecule has 0 spiro atoms. The molecule has 0 radical (unpaired) electrons. The molecule has 40 heavy (non-hydrogen) atoms. The molecule has 2 amide bonds. The molecule has 0 saturated carbocycles. The fraction of sp³-hybridized carbons (Fsp3) is 0.323. The summed E-state index contributed by atoms with van der Waals surface area (Å²) in [5.74, 6) is -1.29. The van der Waals surface area contributed by atoms with Crippen molar-refractivity contribution in [1.29, 1.82) is 0 Å². The first kappa shape index (κ1) is 27.7. The van der Waals surface area contributed by atoms with Crippen LogP contribution in [0.5, 0.6) is 0 Å². The highest BCUT2D eigenvalue weighted by atomic mass is 32.2. The standard InChI is InChI=1S/C31H33N3O5S/c1-20-34(28(19-40-20)30(36)37)29(35)27(17-33(2)16-21-10-4-3-5-11-21)32-31(38)39-18-26-24-14-8-6-12-22(24)23-13-7-9-15-25(23)26/h3-15,20,26-28H,16-19H2,1-2H3,(H,32,38)(H,36,37). The summed E-state index contributed by atoms with van der Waals surface area (Å²) in [6.07, 6.45) is -0.709. The maximum absolute atomic E-state index is 13.7. The molecule has 0 aromatic heterocycles. The lowest BCUT2D eigenvalue weighted by atomic mass is 9.98. The van der Waals surface area contributed by atoms with E-state index in [0.717, 1.165) is 27.8 Å². The number of nitrogens with zero attached hydrogens (tertiary/aromatic N) is 2. The zero-order valence-electron chi connectivity index (χ0n) is 22.5. The molecule has 3 aromatic carbocycles. The number of ether oxygens (including phenoxy) is 1. The molecule has 5 rings (SSSR count). The predicted octanol–water partition coefficient (Wildman–Crippen LogP) is 4.40. The van der Waals surface area contributed by atoms with E-state index < -0.39 is 30.1 Å². The zero-order valence-corrected chi connectivity index (χ0v) is 23.3. The summed E-state index contributed by atoms with van der Waals surface area (Å²) >= 11 is 1.41.